The van der Waals surface area contributed by atoms with Crippen LogP contribution in [-0.2, 0) is 9.53 Å². The molecule has 2 N–H and O–H groups in total. The average Bonchev–Trinajstić information content (AvgIpc) is 3.19. The van der Waals surface area contributed by atoms with Gasteiger partial charge in [-0.1, -0.05) is 11.3 Å². The van der Waals surface area contributed by atoms with E-state index in [1.165, 1.54) is 18.4 Å². The summed E-state index contributed by atoms with van der Waals surface area (Å²) >= 11 is 6.63. The highest BCUT2D eigenvalue weighted by atomic mass is 32.1. The summed E-state index contributed by atoms with van der Waals surface area (Å²) in [6.45, 7) is 2.33. The van der Waals surface area contributed by atoms with Crippen molar-refractivity contribution in [2.24, 2.45) is 4.99 Å². The van der Waals surface area contributed by atoms with Gasteiger partial charge in [-0.15, -0.1) is 0 Å². The summed E-state index contributed by atoms with van der Waals surface area (Å²) in [6.07, 6.45) is 1.62. The fourth-order valence-corrected chi connectivity index (χ4v) is 4.48. The Kier molecular flexibility index (Phi) is 4.92. The third-order valence-corrected chi connectivity index (χ3v) is 5.81. The van der Waals surface area contributed by atoms with Crippen LogP contribution >= 0.6 is 23.6 Å². The van der Waals surface area contributed by atoms with Crippen molar-refractivity contribution in [3.63, 3.8) is 0 Å². The smallest absolute Gasteiger partial charge is 0.355 e. The lowest BCUT2D eigenvalue weighted by molar-refractivity contribution is -0.129. The Hall–Kier alpha value is -2.69. The third-order valence-electron chi connectivity index (χ3n) is 4.52. The zero-order chi connectivity index (χ0) is 19.8. The second-order valence-electron chi connectivity index (χ2n) is 6.14. The lowest BCUT2D eigenvalue weighted by Crippen LogP contribution is -2.43. The molecule has 1 aromatic carbocycles. The molecule has 4 rings (SSSR count). The summed E-state index contributed by atoms with van der Waals surface area (Å²) in [5.74, 6) is -0.571. The highest BCUT2D eigenvalue weighted by Gasteiger charge is 2.28. The number of rotatable bonds is 4. The number of hydrogen-bond donors (Lipinski definition) is 2. The number of benzene rings is 1. The van der Waals surface area contributed by atoms with Crippen LogP contribution in [0.4, 0.5) is 5.69 Å². The van der Waals surface area contributed by atoms with Crippen molar-refractivity contribution >= 4 is 52.6 Å². The van der Waals surface area contributed by atoms with E-state index in [-0.39, 0.29) is 11.6 Å². The first kappa shape index (κ1) is 18.7. The molecular formula is C18H17N3O5S2. The Morgan fingerprint density at radius 3 is 2.82 bits per heavy atom. The molecule has 0 aliphatic carbocycles. The number of aliphatic carboxylic acids is 1. The van der Waals surface area contributed by atoms with Crippen molar-refractivity contribution in [3.8, 4) is 11.6 Å². The average molecular weight is 419 g/mol. The van der Waals surface area contributed by atoms with Crippen LogP contribution in [0.1, 0.15) is 10.4 Å². The molecule has 0 bridgehead atoms. The van der Waals surface area contributed by atoms with Gasteiger partial charge < -0.3 is 24.7 Å². The minimum atomic E-state index is -1.14. The Morgan fingerprint density at radius 1 is 1.39 bits per heavy atom. The largest absolute Gasteiger partial charge is 0.497 e. The van der Waals surface area contributed by atoms with Crippen molar-refractivity contribution in [2.45, 2.75) is 0 Å². The maximum absolute atomic E-state index is 11.7. The molecule has 0 spiro atoms. The number of nitrogens with zero attached hydrogens (tertiary/aromatic N) is 3. The fourth-order valence-electron chi connectivity index (χ4n) is 3.18. The number of methoxy groups -OCH3 is 1. The Labute approximate surface area is 169 Å². The van der Waals surface area contributed by atoms with Gasteiger partial charge in [0, 0.05) is 17.2 Å². The van der Waals surface area contributed by atoms with Gasteiger partial charge in [0.25, 0.3) is 0 Å². The van der Waals surface area contributed by atoms with Crippen LogP contribution in [0, 0.1) is 3.95 Å². The van der Waals surface area contributed by atoms with Crippen LogP contribution in [0.5, 0.6) is 11.6 Å². The van der Waals surface area contributed by atoms with Gasteiger partial charge in [0.1, 0.15) is 5.75 Å². The van der Waals surface area contributed by atoms with Crippen molar-refractivity contribution in [1.29, 1.82) is 0 Å². The van der Waals surface area contributed by atoms with Gasteiger partial charge >= 0.3 is 5.97 Å². The van der Waals surface area contributed by atoms with Crippen LogP contribution in [0.25, 0.3) is 11.6 Å². The summed E-state index contributed by atoms with van der Waals surface area (Å²) in [6, 6.07) is 5.18. The summed E-state index contributed by atoms with van der Waals surface area (Å²) in [4.78, 5) is 16.4. The lowest BCUT2D eigenvalue weighted by Gasteiger charge is -2.29. The number of carboxylic acids is 1. The topological polar surface area (TPSA) is 96.5 Å². The van der Waals surface area contributed by atoms with E-state index in [0.717, 1.165) is 0 Å². The molecule has 2 aromatic rings. The number of morpholine rings is 1. The number of carboxylic acid groups (broad SMARTS) is 1. The normalized spacial score (nSPS) is 17.5. The Morgan fingerprint density at radius 2 is 2.14 bits per heavy atom. The zero-order valence-electron chi connectivity index (χ0n) is 14.9. The molecule has 0 amide bonds. The maximum atomic E-state index is 11.7. The van der Waals surface area contributed by atoms with E-state index in [0.29, 0.717) is 57.7 Å². The number of aromatic hydroxyl groups is 1. The first-order chi connectivity index (χ1) is 13.5. The van der Waals surface area contributed by atoms with Gasteiger partial charge in [-0.2, -0.15) is 0 Å². The predicted octanol–water partition coefficient (Wildman–Crippen LogP) is 2.67. The zero-order valence-corrected chi connectivity index (χ0v) is 16.5. The molecular weight excluding hydrogens is 402 g/mol. The molecule has 3 heterocycles. The van der Waals surface area contributed by atoms with E-state index in [1.807, 2.05) is 5.01 Å². The summed E-state index contributed by atoms with van der Waals surface area (Å²) in [5, 5.41) is 22.2. The summed E-state index contributed by atoms with van der Waals surface area (Å²) in [7, 11) is 1.54. The Bertz CT molecular complexity index is 1060. The molecule has 2 aliphatic heterocycles. The van der Waals surface area contributed by atoms with E-state index in [2.05, 4.69) is 4.99 Å². The Balaban J connectivity index is 1.80. The maximum Gasteiger partial charge on any atom is 0.355 e. The molecule has 1 fully saturated rings. The lowest BCUT2D eigenvalue weighted by atomic mass is 10.0. The summed E-state index contributed by atoms with van der Waals surface area (Å²) in [5.41, 5.74) is 1.51. The quantitative estimate of drug-likeness (QED) is 0.736. The van der Waals surface area contributed by atoms with E-state index in [1.54, 1.807) is 29.0 Å². The van der Waals surface area contributed by atoms with Gasteiger partial charge in [-0.25, -0.2) is 14.5 Å². The number of thiazole rings is 1. The number of carbonyl (C=O) groups is 1. The van der Waals surface area contributed by atoms with E-state index in [9.17, 15) is 15.0 Å². The molecule has 0 unspecified atom stereocenters. The number of ether oxygens (including phenoxy) is 2. The van der Waals surface area contributed by atoms with Crippen molar-refractivity contribution in [2.75, 3.05) is 38.4 Å². The molecule has 146 valence electrons. The predicted molar refractivity (Wildman–Crippen MR) is 109 cm³/mol. The second-order valence-corrected chi connectivity index (χ2v) is 7.82. The number of aliphatic imine (C=N–C) groups is 1. The third kappa shape index (κ3) is 3.19. The monoisotopic (exact) mass is 419 g/mol. The van der Waals surface area contributed by atoms with Crippen molar-refractivity contribution in [1.82, 2.24) is 4.68 Å². The number of fused-ring (bicyclic) bond motifs is 1. The van der Waals surface area contributed by atoms with E-state index in [4.69, 9.17) is 21.7 Å². The van der Waals surface area contributed by atoms with Crippen LogP contribution < -0.4 is 9.75 Å². The molecule has 8 nitrogen and oxygen atoms in total. The molecule has 0 saturated carbocycles. The minimum Gasteiger partial charge on any atom is -0.497 e. The molecule has 10 heteroatoms. The van der Waals surface area contributed by atoms with E-state index >= 15 is 0 Å². The van der Waals surface area contributed by atoms with Crippen LogP contribution in [-0.4, -0.2) is 60.0 Å². The standard InChI is InChI=1S/C18H17N3O5S2/c1-25-10-2-3-11-12(15(17(23)24)19-13(11)8-10)9-14-16(22)21(18(27)28-14)20-4-6-26-7-5-20/h2-3,8-9,22H,4-7H2,1H3,(H,23,24). The van der Waals surface area contributed by atoms with Gasteiger partial charge in [-0.3, -0.25) is 0 Å². The van der Waals surface area contributed by atoms with Gasteiger partial charge in [0.05, 0.1) is 44.0 Å². The van der Waals surface area contributed by atoms with Gasteiger partial charge in [-0.05, 0) is 30.4 Å². The first-order valence-corrected chi connectivity index (χ1v) is 9.72. The molecule has 0 atom stereocenters. The van der Waals surface area contributed by atoms with Crippen molar-refractivity contribution < 1.29 is 24.5 Å². The molecule has 28 heavy (non-hydrogen) atoms. The van der Waals surface area contributed by atoms with Crippen LogP contribution in [0.2, 0.25) is 0 Å². The second kappa shape index (κ2) is 7.38. The van der Waals surface area contributed by atoms with Crippen LogP contribution in [0.15, 0.2) is 23.2 Å². The summed E-state index contributed by atoms with van der Waals surface area (Å²) < 4.78 is 12.6. The van der Waals surface area contributed by atoms with E-state index < -0.39 is 5.97 Å². The molecule has 1 saturated heterocycles. The highest BCUT2D eigenvalue weighted by molar-refractivity contribution is 7.73. The molecule has 1 aromatic heterocycles. The SMILES string of the molecule is COc1ccc2c(c1)N=C(C(=O)O)C2=Cc1sc(=S)n(N2CCOCC2)c1O. The highest BCUT2D eigenvalue weighted by Crippen LogP contribution is 2.40. The number of hydrogen-bond acceptors (Lipinski definition) is 8. The first-order valence-electron chi connectivity index (χ1n) is 8.50. The van der Waals surface area contributed by atoms with Crippen LogP contribution in [0.3, 0.4) is 0 Å². The van der Waals surface area contributed by atoms with Gasteiger partial charge in [0.2, 0.25) is 5.88 Å². The molecule has 0 radical (unpaired) electrons. The van der Waals surface area contributed by atoms with Crippen molar-refractivity contribution in [3.05, 3.63) is 32.6 Å². The fraction of sp³-hybridized carbons (Fsp3) is 0.278. The molecule has 2 aliphatic rings. The van der Waals surface area contributed by atoms with Gasteiger partial charge in [0.15, 0.2) is 9.67 Å². The number of aromatic nitrogens is 1. The minimum absolute atomic E-state index is 0.0175.